The Bertz CT molecular complexity index is 674. The molecule has 2 rings (SSSR count). The maximum Gasteiger partial charge on any atom is 0.256 e. The van der Waals surface area contributed by atoms with Crippen LogP contribution in [0.15, 0.2) is 17.0 Å². The SMILES string of the molecule is CN(C(=O)c1cc(S(N)(=O)=O)c(Cl)cc1F)C1CCOC1. The predicted molar refractivity (Wildman–Crippen MR) is 74.1 cm³/mol. The number of rotatable bonds is 3. The summed E-state index contributed by atoms with van der Waals surface area (Å²) >= 11 is 5.65. The van der Waals surface area contributed by atoms with E-state index in [1.165, 1.54) is 11.9 Å². The molecule has 21 heavy (non-hydrogen) atoms. The van der Waals surface area contributed by atoms with Gasteiger partial charge in [-0.1, -0.05) is 11.6 Å². The van der Waals surface area contributed by atoms with E-state index in [9.17, 15) is 17.6 Å². The molecule has 6 nitrogen and oxygen atoms in total. The lowest BCUT2D eigenvalue weighted by molar-refractivity contribution is 0.0706. The molecule has 116 valence electrons. The maximum absolute atomic E-state index is 13.9. The lowest BCUT2D eigenvalue weighted by Gasteiger charge is -2.23. The van der Waals surface area contributed by atoms with Gasteiger partial charge in [0.1, 0.15) is 10.7 Å². The molecule has 1 amide bonds. The van der Waals surface area contributed by atoms with Crippen molar-refractivity contribution in [1.82, 2.24) is 4.90 Å². The number of hydrogen-bond donors (Lipinski definition) is 1. The van der Waals surface area contributed by atoms with E-state index in [4.69, 9.17) is 21.5 Å². The zero-order valence-corrected chi connectivity index (χ0v) is 12.7. The van der Waals surface area contributed by atoms with Crippen molar-refractivity contribution >= 4 is 27.5 Å². The Morgan fingerprint density at radius 3 is 2.71 bits per heavy atom. The molecule has 1 aliphatic heterocycles. The maximum atomic E-state index is 13.9. The Morgan fingerprint density at radius 1 is 1.52 bits per heavy atom. The average molecular weight is 337 g/mol. The van der Waals surface area contributed by atoms with E-state index in [1.54, 1.807) is 0 Å². The Morgan fingerprint density at radius 2 is 2.19 bits per heavy atom. The molecule has 1 heterocycles. The van der Waals surface area contributed by atoms with Gasteiger partial charge in [-0.3, -0.25) is 4.79 Å². The van der Waals surface area contributed by atoms with Gasteiger partial charge in [0.15, 0.2) is 0 Å². The third-order valence-electron chi connectivity index (χ3n) is 3.33. The van der Waals surface area contributed by atoms with Crippen LogP contribution in [-0.4, -0.2) is 45.5 Å². The number of halogens is 2. The van der Waals surface area contributed by atoms with Gasteiger partial charge >= 0.3 is 0 Å². The molecule has 0 saturated carbocycles. The number of primary sulfonamides is 1. The first-order chi connectivity index (χ1) is 9.71. The summed E-state index contributed by atoms with van der Waals surface area (Å²) in [7, 11) is -2.64. The predicted octanol–water partition coefficient (Wildman–Crippen LogP) is 0.987. The molecule has 1 unspecified atom stereocenters. The standard InChI is InChI=1S/C12H14ClFN2O4S/c1-16(7-2-3-20-6-7)12(17)8-4-11(21(15,18)19)9(13)5-10(8)14/h4-5,7H,2-3,6H2,1H3,(H2,15,18,19). The highest BCUT2D eigenvalue weighted by Crippen LogP contribution is 2.25. The van der Waals surface area contributed by atoms with Crippen LogP contribution in [0.3, 0.4) is 0 Å². The van der Waals surface area contributed by atoms with E-state index in [1.807, 2.05) is 0 Å². The Labute approximate surface area is 126 Å². The molecule has 0 bridgehead atoms. The smallest absolute Gasteiger partial charge is 0.256 e. The Kier molecular flexibility index (Phi) is 4.52. The monoisotopic (exact) mass is 336 g/mol. The van der Waals surface area contributed by atoms with Gasteiger partial charge < -0.3 is 9.64 Å². The van der Waals surface area contributed by atoms with Crippen molar-refractivity contribution in [1.29, 1.82) is 0 Å². The van der Waals surface area contributed by atoms with Gasteiger partial charge in [-0.25, -0.2) is 17.9 Å². The van der Waals surface area contributed by atoms with Crippen molar-refractivity contribution in [2.75, 3.05) is 20.3 Å². The molecular weight excluding hydrogens is 323 g/mol. The fraction of sp³-hybridized carbons (Fsp3) is 0.417. The number of nitrogens with two attached hydrogens (primary N) is 1. The molecule has 2 N–H and O–H groups in total. The molecule has 0 radical (unpaired) electrons. The summed E-state index contributed by atoms with van der Waals surface area (Å²) in [5, 5.41) is 4.63. The van der Waals surface area contributed by atoms with Crippen LogP contribution in [0.5, 0.6) is 0 Å². The number of carbonyl (C=O) groups is 1. The van der Waals surface area contributed by atoms with Crippen LogP contribution >= 0.6 is 11.6 Å². The second kappa shape index (κ2) is 5.88. The molecule has 1 aromatic rings. The highest BCUT2D eigenvalue weighted by atomic mass is 35.5. The summed E-state index contributed by atoms with van der Waals surface area (Å²) in [6.07, 6.45) is 0.638. The molecule has 1 aliphatic rings. The van der Waals surface area contributed by atoms with E-state index in [0.717, 1.165) is 12.1 Å². The normalized spacial score (nSPS) is 18.8. The first kappa shape index (κ1) is 16.2. The molecule has 1 aromatic carbocycles. The Balaban J connectivity index is 2.41. The lowest BCUT2D eigenvalue weighted by atomic mass is 10.1. The van der Waals surface area contributed by atoms with Crippen LogP contribution < -0.4 is 5.14 Å². The highest BCUT2D eigenvalue weighted by molar-refractivity contribution is 7.89. The summed E-state index contributed by atoms with van der Waals surface area (Å²) < 4.78 is 41.9. The van der Waals surface area contributed by atoms with Crippen molar-refractivity contribution in [2.24, 2.45) is 5.14 Å². The number of benzene rings is 1. The molecule has 1 atom stereocenters. The van der Waals surface area contributed by atoms with Crippen molar-refractivity contribution in [3.63, 3.8) is 0 Å². The highest BCUT2D eigenvalue weighted by Gasteiger charge is 2.28. The van der Waals surface area contributed by atoms with Gasteiger partial charge in [0.2, 0.25) is 10.0 Å². The van der Waals surface area contributed by atoms with E-state index in [0.29, 0.717) is 19.6 Å². The van der Waals surface area contributed by atoms with E-state index < -0.39 is 32.2 Å². The topological polar surface area (TPSA) is 89.7 Å². The van der Waals surface area contributed by atoms with Crippen molar-refractivity contribution in [3.05, 3.63) is 28.5 Å². The third kappa shape index (κ3) is 3.34. The van der Waals surface area contributed by atoms with Crippen LogP contribution in [0, 0.1) is 5.82 Å². The van der Waals surface area contributed by atoms with Crippen LogP contribution in [0.2, 0.25) is 5.02 Å². The molecular formula is C12H14ClFN2O4S. The van der Waals surface area contributed by atoms with Crippen molar-refractivity contribution in [3.8, 4) is 0 Å². The summed E-state index contributed by atoms with van der Waals surface area (Å²) in [6.45, 7) is 0.882. The van der Waals surface area contributed by atoms with Crippen LogP contribution in [-0.2, 0) is 14.8 Å². The van der Waals surface area contributed by atoms with Crippen LogP contribution in [0.1, 0.15) is 16.8 Å². The van der Waals surface area contributed by atoms with Gasteiger partial charge in [-0.2, -0.15) is 0 Å². The molecule has 0 aromatic heterocycles. The second-order valence-corrected chi connectivity index (χ2v) is 6.68. The Hall–Kier alpha value is -1.22. The van der Waals surface area contributed by atoms with Crippen molar-refractivity contribution in [2.45, 2.75) is 17.4 Å². The molecule has 0 aliphatic carbocycles. The minimum absolute atomic E-state index is 0.175. The summed E-state index contributed by atoms with van der Waals surface area (Å²) in [5.74, 6) is -1.55. The number of amides is 1. The zero-order valence-electron chi connectivity index (χ0n) is 11.2. The third-order valence-corrected chi connectivity index (χ3v) is 4.71. The van der Waals surface area contributed by atoms with E-state index in [-0.39, 0.29) is 11.1 Å². The number of hydrogen-bond acceptors (Lipinski definition) is 4. The quantitative estimate of drug-likeness (QED) is 0.891. The fourth-order valence-electron chi connectivity index (χ4n) is 2.09. The second-order valence-electron chi connectivity index (χ2n) is 4.74. The number of sulfonamides is 1. The van der Waals surface area contributed by atoms with Gasteiger partial charge in [0.25, 0.3) is 5.91 Å². The minimum Gasteiger partial charge on any atom is -0.379 e. The molecule has 0 spiro atoms. The number of carbonyl (C=O) groups excluding carboxylic acids is 1. The van der Waals surface area contributed by atoms with Crippen molar-refractivity contribution < 1.29 is 22.3 Å². The van der Waals surface area contributed by atoms with Gasteiger partial charge in [-0.15, -0.1) is 0 Å². The lowest BCUT2D eigenvalue weighted by Crippen LogP contribution is -2.37. The number of ether oxygens (including phenoxy) is 1. The number of nitrogens with zero attached hydrogens (tertiary/aromatic N) is 1. The number of likely N-dealkylation sites (N-methyl/N-ethyl adjacent to an activating group) is 1. The zero-order chi connectivity index (χ0) is 15.8. The van der Waals surface area contributed by atoms with E-state index in [2.05, 4.69) is 0 Å². The fourth-order valence-corrected chi connectivity index (χ4v) is 3.18. The summed E-state index contributed by atoms with van der Waals surface area (Å²) in [6, 6.07) is 1.46. The first-order valence-electron chi connectivity index (χ1n) is 6.08. The summed E-state index contributed by atoms with van der Waals surface area (Å²) in [4.78, 5) is 13.1. The summed E-state index contributed by atoms with van der Waals surface area (Å²) in [5.41, 5.74) is -0.391. The molecule has 1 fully saturated rings. The van der Waals surface area contributed by atoms with E-state index >= 15 is 0 Å². The van der Waals surface area contributed by atoms with Crippen LogP contribution in [0.4, 0.5) is 4.39 Å². The average Bonchev–Trinajstić information content (AvgIpc) is 2.89. The van der Waals surface area contributed by atoms with Crippen LogP contribution in [0.25, 0.3) is 0 Å². The minimum atomic E-state index is -4.15. The van der Waals surface area contributed by atoms with Gasteiger partial charge in [0, 0.05) is 13.7 Å². The van der Waals surface area contributed by atoms with Gasteiger partial charge in [0.05, 0.1) is 23.2 Å². The molecule has 1 saturated heterocycles. The first-order valence-corrected chi connectivity index (χ1v) is 8.01. The largest absolute Gasteiger partial charge is 0.379 e. The molecule has 9 heteroatoms. The van der Waals surface area contributed by atoms with Gasteiger partial charge in [-0.05, 0) is 18.6 Å².